The first-order chi connectivity index (χ1) is 36.0. The number of rotatable bonds is 13. The molecule has 6 fully saturated rings. The third-order valence-electron chi connectivity index (χ3n) is 18.2. The number of halogens is 1. The molecule has 7 aliphatic heterocycles. The van der Waals surface area contributed by atoms with Crippen molar-refractivity contribution in [2.45, 2.75) is 109 Å². The van der Waals surface area contributed by atoms with E-state index >= 15 is 4.39 Å². The van der Waals surface area contributed by atoms with Gasteiger partial charge in [0.05, 0.1) is 5.39 Å². The molecular formula is C58H71FN10O5. The van der Waals surface area contributed by atoms with Crippen LogP contribution in [0.25, 0.3) is 32.9 Å². The van der Waals surface area contributed by atoms with Crippen LogP contribution in [0, 0.1) is 23.6 Å². The van der Waals surface area contributed by atoms with Crippen molar-refractivity contribution in [3.05, 3.63) is 77.2 Å². The lowest BCUT2D eigenvalue weighted by atomic mass is 9.82. The van der Waals surface area contributed by atoms with Gasteiger partial charge in [0, 0.05) is 92.9 Å². The molecule has 3 amide bonds. The SMILES string of the molecule is CCc1cccc2cc(O)cc(-c3ncc4c(N5CC6CCC(C5)N6C)nc(OCCN5CCC(CC6CCN(CC7CCN(c8cccc9c8CN(C8CCC(=O)NC8=O)C9=O)CC7)CC6)CC5)nc4c3F)c12. The predicted molar refractivity (Wildman–Crippen MR) is 284 cm³/mol. The number of imide groups is 1. The first-order valence-electron chi connectivity index (χ1n) is 27.7. The third kappa shape index (κ3) is 9.55. The maximum Gasteiger partial charge on any atom is 0.319 e. The van der Waals surface area contributed by atoms with Gasteiger partial charge in [-0.1, -0.05) is 31.2 Å². The second kappa shape index (κ2) is 20.6. The monoisotopic (exact) mass is 1010 g/mol. The van der Waals surface area contributed by atoms with Crippen LogP contribution in [0.1, 0.15) is 99.0 Å². The summed E-state index contributed by atoms with van der Waals surface area (Å²) in [7, 11) is 2.21. The fourth-order valence-electron chi connectivity index (χ4n) is 13.9. The van der Waals surface area contributed by atoms with Crippen LogP contribution in [0.5, 0.6) is 11.8 Å². The number of nitrogens with one attached hydrogen (secondary N) is 1. The standard InChI is InChI=1S/C58H71FN10O5/c1-3-39-6-4-7-40-29-43(70)30-45(51(39)40)53-52(59)54-46(31-60-53)55(68-33-41-10-11-42(34-68)64(41)2)63-58(62-54)74-27-26-65-20-14-36(15-21-65)28-37-16-22-66(23-17-37)32-38-18-24-67(25-19-38)48-9-5-8-44-47(48)35-69(57(44)73)49-12-13-50(71)61-56(49)72/h4-9,29-31,36-38,41-42,49,70H,3,10-28,32-35H2,1-2H3,(H,61,71,72). The molecule has 12 rings (SSSR count). The molecule has 3 aromatic carbocycles. The highest BCUT2D eigenvalue weighted by atomic mass is 19.1. The Kier molecular flexibility index (Phi) is 13.6. The number of phenols is 1. The molecule has 0 saturated carbocycles. The molecule has 2 N–H and O–H groups in total. The number of hydrogen-bond donors (Lipinski definition) is 2. The molecule has 3 atom stereocenters. The molecule has 2 aromatic heterocycles. The van der Waals surface area contributed by atoms with Crippen LogP contribution < -0.4 is 19.9 Å². The number of likely N-dealkylation sites (tertiary alicyclic amines) is 2. The van der Waals surface area contributed by atoms with Gasteiger partial charge in [0.15, 0.2) is 5.82 Å². The van der Waals surface area contributed by atoms with E-state index in [2.05, 4.69) is 49.9 Å². The fourth-order valence-corrected chi connectivity index (χ4v) is 13.9. The summed E-state index contributed by atoms with van der Waals surface area (Å²) in [5.74, 6) is 1.63. The minimum atomic E-state index is -0.600. The van der Waals surface area contributed by atoms with Crippen molar-refractivity contribution in [1.29, 1.82) is 0 Å². The number of nitrogens with zero attached hydrogens (tertiary/aromatic N) is 9. The third-order valence-corrected chi connectivity index (χ3v) is 18.2. The first-order valence-corrected chi connectivity index (χ1v) is 27.7. The van der Waals surface area contributed by atoms with Crippen LogP contribution >= 0.6 is 0 Å². The van der Waals surface area contributed by atoms with Crippen LogP contribution in [-0.4, -0.2) is 155 Å². The van der Waals surface area contributed by atoms with E-state index < -0.39 is 11.9 Å². The summed E-state index contributed by atoms with van der Waals surface area (Å²) >= 11 is 0. The van der Waals surface area contributed by atoms with Gasteiger partial charge >= 0.3 is 6.01 Å². The molecular weight excluding hydrogens is 936 g/mol. The number of amides is 3. The molecule has 0 aliphatic carbocycles. The predicted octanol–water partition coefficient (Wildman–Crippen LogP) is 7.41. The number of benzene rings is 3. The summed E-state index contributed by atoms with van der Waals surface area (Å²) in [5.41, 5.74) is 4.76. The van der Waals surface area contributed by atoms with Gasteiger partial charge in [-0.25, -0.2) is 4.39 Å². The number of anilines is 2. The highest BCUT2D eigenvalue weighted by Gasteiger charge is 2.42. The van der Waals surface area contributed by atoms with Crippen molar-refractivity contribution in [2.75, 3.05) is 88.9 Å². The minimum absolute atomic E-state index is 0.0622. The van der Waals surface area contributed by atoms with E-state index in [4.69, 9.17) is 19.7 Å². The van der Waals surface area contributed by atoms with Crippen molar-refractivity contribution in [2.24, 2.45) is 17.8 Å². The fraction of sp³-hybridized carbons (Fsp3) is 0.552. The van der Waals surface area contributed by atoms with Gasteiger partial charge in [-0.05, 0) is 162 Å². The van der Waals surface area contributed by atoms with Crippen LogP contribution in [0.2, 0.25) is 0 Å². The van der Waals surface area contributed by atoms with E-state index in [1.165, 1.54) is 45.2 Å². The zero-order chi connectivity index (χ0) is 50.6. The number of aromatic nitrogens is 3. The number of ether oxygens (including phenoxy) is 1. The molecule has 0 radical (unpaired) electrons. The van der Waals surface area contributed by atoms with E-state index in [0.717, 1.165) is 124 Å². The number of hydrogen-bond acceptors (Lipinski definition) is 13. The Morgan fingerprint density at radius 2 is 1.51 bits per heavy atom. The lowest BCUT2D eigenvalue weighted by Crippen LogP contribution is -2.52. The summed E-state index contributed by atoms with van der Waals surface area (Å²) in [6.45, 7) is 12.8. The van der Waals surface area contributed by atoms with Gasteiger partial charge in [-0.15, -0.1) is 0 Å². The zero-order valence-corrected chi connectivity index (χ0v) is 43.1. The van der Waals surface area contributed by atoms with Crippen molar-refractivity contribution in [1.82, 2.24) is 39.9 Å². The quantitative estimate of drug-likeness (QED) is 0.113. The molecule has 9 heterocycles. The minimum Gasteiger partial charge on any atom is -0.508 e. The van der Waals surface area contributed by atoms with Crippen molar-refractivity contribution in [3.8, 4) is 23.0 Å². The Labute approximate surface area is 433 Å². The number of phenolic OH excluding ortho intramolecular Hbond substituents is 1. The number of fused-ring (bicyclic) bond motifs is 5. The average Bonchev–Trinajstić information content (AvgIpc) is 3.82. The number of aryl methyl sites for hydroxylation is 1. The number of piperazine rings is 1. The number of piperidine rings is 4. The highest BCUT2D eigenvalue weighted by Crippen LogP contribution is 2.41. The summed E-state index contributed by atoms with van der Waals surface area (Å²) in [4.78, 5) is 66.4. The van der Waals surface area contributed by atoms with E-state index in [-0.39, 0.29) is 47.1 Å². The van der Waals surface area contributed by atoms with Crippen LogP contribution in [0.4, 0.5) is 15.9 Å². The molecule has 15 nitrogen and oxygen atoms in total. The van der Waals surface area contributed by atoms with E-state index in [1.54, 1.807) is 23.2 Å². The largest absolute Gasteiger partial charge is 0.508 e. The van der Waals surface area contributed by atoms with E-state index in [0.29, 0.717) is 59.9 Å². The summed E-state index contributed by atoms with van der Waals surface area (Å²) in [6.07, 6.45) is 13.9. The molecule has 0 spiro atoms. The Hall–Kier alpha value is -5.97. The number of likely N-dealkylation sites (N-methyl/N-ethyl adjacent to an activating group) is 1. The van der Waals surface area contributed by atoms with Crippen LogP contribution in [-0.2, 0) is 22.6 Å². The second-order valence-electron chi connectivity index (χ2n) is 22.6. The van der Waals surface area contributed by atoms with Gasteiger partial charge in [-0.2, -0.15) is 9.97 Å². The highest BCUT2D eigenvalue weighted by molar-refractivity contribution is 6.06. The average molecular weight is 1010 g/mol. The molecule has 7 aliphatic rings. The van der Waals surface area contributed by atoms with Gasteiger partial charge in [0.2, 0.25) is 11.8 Å². The van der Waals surface area contributed by atoms with Crippen molar-refractivity contribution < 1.29 is 28.6 Å². The molecule has 5 aromatic rings. The normalized spacial score (nSPS) is 23.9. The number of carbonyl (C=O) groups excluding carboxylic acids is 3. The lowest BCUT2D eigenvalue weighted by molar-refractivity contribution is -0.136. The lowest BCUT2D eigenvalue weighted by Gasteiger charge is -2.40. The number of pyridine rings is 1. The number of carbonyl (C=O) groups is 3. The van der Waals surface area contributed by atoms with Gasteiger partial charge in [0.1, 0.15) is 35.4 Å². The Morgan fingerprint density at radius 1 is 0.797 bits per heavy atom. The first kappa shape index (κ1) is 48.9. The Morgan fingerprint density at radius 3 is 2.24 bits per heavy atom. The van der Waals surface area contributed by atoms with Gasteiger partial charge < -0.3 is 29.4 Å². The zero-order valence-electron chi connectivity index (χ0n) is 43.1. The Bertz CT molecular complexity index is 2940. The molecule has 74 heavy (non-hydrogen) atoms. The van der Waals surface area contributed by atoms with E-state index in [1.807, 2.05) is 30.3 Å². The summed E-state index contributed by atoms with van der Waals surface area (Å²) in [6, 6.07) is 15.7. The summed E-state index contributed by atoms with van der Waals surface area (Å²) < 4.78 is 23.5. The number of aromatic hydroxyl groups is 1. The van der Waals surface area contributed by atoms with Gasteiger partial charge in [0.25, 0.3) is 5.91 Å². The second-order valence-corrected chi connectivity index (χ2v) is 22.6. The maximum absolute atomic E-state index is 17.2. The van der Waals surface area contributed by atoms with Crippen molar-refractivity contribution >= 4 is 50.9 Å². The van der Waals surface area contributed by atoms with Crippen LogP contribution in [0.15, 0.2) is 54.7 Å². The Balaban J connectivity index is 0.623. The van der Waals surface area contributed by atoms with Crippen LogP contribution in [0.3, 0.4) is 0 Å². The molecule has 2 bridgehead atoms. The van der Waals surface area contributed by atoms with Crippen molar-refractivity contribution in [3.63, 3.8) is 0 Å². The topological polar surface area (TPSA) is 151 Å². The molecule has 390 valence electrons. The maximum atomic E-state index is 17.2. The molecule has 6 saturated heterocycles. The molecule has 3 unspecified atom stereocenters. The van der Waals surface area contributed by atoms with E-state index in [9.17, 15) is 19.5 Å². The smallest absolute Gasteiger partial charge is 0.319 e. The summed E-state index contributed by atoms with van der Waals surface area (Å²) in [5, 5.41) is 15.5. The molecule has 16 heteroatoms. The van der Waals surface area contributed by atoms with Gasteiger partial charge in [-0.3, -0.25) is 34.5 Å².